The van der Waals surface area contributed by atoms with Crippen molar-refractivity contribution in [2.24, 2.45) is 0 Å². The Morgan fingerprint density at radius 2 is 2.27 bits per heavy atom. The van der Waals surface area contributed by atoms with Crippen molar-refractivity contribution in [2.75, 3.05) is 18.9 Å². The van der Waals surface area contributed by atoms with E-state index in [-0.39, 0.29) is 10.7 Å². The lowest BCUT2D eigenvalue weighted by molar-refractivity contribution is -0.0284. The van der Waals surface area contributed by atoms with E-state index in [0.717, 1.165) is 4.47 Å². The standard InChI is InChI=1S/C8H11N3O3S/c9-8-3-2-7(6-10-8)15(12,13)11-4-1-5-14-11/h2-3,6H,1,4-5H2,(H2,9,10). The van der Waals surface area contributed by atoms with Gasteiger partial charge < -0.3 is 5.73 Å². The Morgan fingerprint density at radius 3 is 2.80 bits per heavy atom. The molecular weight excluding hydrogens is 218 g/mol. The molecule has 0 unspecified atom stereocenters. The van der Waals surface area contributed by atoms with Gasteiger partial charge in [-0.05, 0) is 18.6 Å². The zero-order valence-corrected chi connectivity index (χ0v) is 8.77. The maximum Gasteiger partial charge on any atom is 0.266 e. The molecule has 0 bridgehead atoms. The Morgan fingerprint density at radius 1 is 1.47 bits per heavy atom. The van der Waals surface area contributed by atoms with Crippen LogP contribution in [0, 0.1) is 0 Å². The molecular formula is C8H11N3O3S. The van der Waals surface area contributed by atoms with Gasteiger partial charge in [0.15, 0.2) is 0 Å². The Hall–Kier alpha value is -1.18. The van der Waals surface area contributed by atoms with Crippen LogP contribution in [0.25, 0.3) is 0 Å². The van der Waals surface area contributed by atoms with Crippen LogP contribution in [0.5, 0.6) is 0 Å². The molecule has 15 heavy (non-hydrogen) atoms. The van der Waals surface area contributed by atoms with Gasteiger partial charge in [0.1, 0.15) is 10.7 Å². The smallest absolute Gasteiger partial charge is 0.266 e. The maximum absolute atomic E-state index is 11.9. The van der Waals surface area contributed by atoms with Gasteiger partial charge in [-0.25, -0.2) is 13.4 Å². The number of aromatic nitrogens is 1. The molecule has 0 amide bonds. The topological polar surface area (TPSA) is 85.5 Å². The quantitative estimate of drug-likeness (QED) is 0.770. The second-order valence-electron chi connectivity index (χ2n) is 3.14. The summed E-state index contributed by atoms with van der Waals surface area (Å²) in [6, 6.07) is 2.86. The fourth-order valence-corrected chi connectivity index (χ4v) is 2.52. The summed E-state index contributed by atoms with van der Waals surface area (Å²) in [5.41, 5.74) is 5.37. The molecule has 1 aliphatic rings. The molecule has 0 radical (unpaired) electrons. The number of rotatable bonds is 2. The van der Waals surface area contributed by atoms with Gasteiger partial charge in [-0.3, -0.25) is 4.84 Å². The van der Waals surface area contributed by atoms with Gasteiger partial charge in [0.05, 0.1) is 6.61 Å². The first-order valence-electron chi connectivity index (χ1n) is 4.48. The molecule has 1 aromatic rings. The van der Waals surface area contributed by atoms with Crippen molar-refractivity contribution in [2.45, 2.75) is 11.3 Å². The van der Waals surface area contributed by atoms with Crippen LogP contribution >= 0.6 is 0 Å². The van der Waals surface area contributed by atoms with Crippen LogP contribution in [0.15, 0.2) is 23.2 Å². The summed E-state index contributed by atoms with van der Waals surface area (Å²) in [4.78, 5) is 8.82. The van der Waals surface area contributed by atoms with Gasteiger partial charge >= 0.3 is 0 Å². The van der Waals surface area contributed by atoms with Gasteiger partial charge in [0.2, 0.25) is 0 Å². The molecule has 0 aromatic carbocycles. The van der Waals surface area contributed by atoms with Crippen molar-refractivity contribution in [1.29, 1.82) is 0 Å². The molecule has 1 aliphatic heterocycles. The van der Waals surface area contributed by atoms with Crippen LogP contribution in [0.4, 0.5) is 5.82 Å². The van der Waals surface area contributed by atoms with E-state index in [1.807, 2.05) is 0 Å². The molecule has 2 rings (SSSR count). The van der Waals surface area contributed by atoms with Crippen molar-refractivity contribution >= 4 is 15.8 Å². The number of hydroxylamine groups is 1. The lowest BCUT2D eigenvalue weighted by Gasteiger charge is -2.13. The van der Waals surface area contributed by atoms with Crippen LogP contribution in [-0.4, -0.2) is 31.0 Å². The molecule has 1 aromatic heterocycles. The highest BCUT2D eigenvalue weighted by molar-refractivity contribution is 7.89. The Labute approximate surface area is 87.7 Å². The van der Waals surface area contributed by atoms with E-state index in [1.165, 1.54) is 18.3 Å². The summed E-state index contributed by atoms with van der Waals surface area (Å²) in [7, 11) is -3.56. The predicted molar refractivity (Wildman–Crippen MR) is 53.1 cm³/mol. The highest BCUT2D eigenvalue weighted by atomic mass is 32.2. The summed E-state index contributed by atoms with van der Waals surface area (Å²) in [5, 5.41) is 0. The van der Waals surface area contributed by atoms with Crippen LogP contribution in [0.2, 0.25) is 0 Å². The van der Waals surface area contributed by atoms with E-state index in [4.69, 9.17) is 10.6 Å². The summed E-state index contributed by atoms with van der Waals surface area (Å²) in [6.07, 6.45) is 1.94. The highest BCUT2D eigenvalue weighted by Crippen LogP contribution is 2.19. The first-order chi connectivity index (χ1) is 7.10. The number of hydrogen-bond acceptors (Lipinski definition) is 5. The largest absolute Gasteiger partial charge is 0.384 e. The zero-order chi connectivity index (χ0) is 10.9. The highest BCUT2D eigenvalue weighted by Gasteiger charge is 2.28. The fourth-order valence-electron chi connectivity index (χ4n) is 1.28. The molecule has 1 saturated heterocycles. The summed E-state index contributed by atoms with van der Waals surface area (Å²) in [5.74, 6) is 0.288. The minimum atomic E-state index is -3.56. The maximum atomic E-state index is 11.9. The van der Waals surface area contributed by atoms with Crippen molar-refractivity contribution in [3.63, 3.8) is 0 Å². The van der Waals surface area contributed by atoms with Crippen LogP contribution in [-0.2, 0) is 14.9 Å². The van der Waals surface area contributed by atoms with E-state index in [9.17, 15) is 8.42 Å². The predicted octanol–water partition coefficient (Wildman–Crippen LogP) is -0.0102. The first kappa shape index (κ1) is 10.3. The molecule has 0 atom stereocenters. The second kappa shape index (κ2) is 3.76. The Balaban J connectivity index is 2.32. The van der Waals surface area contributed by atoms with E-state index in [0.29, 0.717) is 19.6 Å². The number of sulfonamides is 1. The number of pyridine rings is 1. The molecule has 0 aliphatic carbocycles. The monoisotopic (exact) mass is 229 g/mol. The third-order valence-corrected chi connectivity index (χ3v) is 3.71. The van der Waals surface area contributed by atoms with Crippen molar-refractivity contribution < 1.29 is 13.3 Å². The third kappa shape index (κ3) is 1.94. The molecule has 0 spiro atoms. The molecule has 0 saturated carbocycles. The normalized spacial score (nSPS) is 18.1. The van der Waals surface area contributed by atoms with Gasteiger partial charge in [0.25, 0.3) is 10.0 Å². The number of nitrogen functional groups attached to an aromatic ring is 1. The Kier molecular flexibility index (Phi) is 2.59. The minimum Gasteiger partial charge on any atom is -0.384 e. The average molecular weight is 229 g/mol. The molecule has 1 fully saturated rings. The van der Waals surface area contributed by atoms with Gasteiger partial charge in [-0.15, -0.1) is 0 Å². The van der Waals surface area contributed by atoms with E-state index >= 15 is 0 Å². The molecule has 6 nitrogen and oxygen atoms in total. The number of anilines is 1. The van der Waals surface area contributed by atoms with Crippen molar-refractivity contribution in [3.05, 3.63) is 18.3 Å². The molecule has 7 heteroatoms. The number of nitrogens with zero attached hydrogens (tertiary/aromatic N) is 2. The summed E-state index contributed by atoms with van der Waals surface area (Å²) < 4.78 is 24.7. The minimum absolute atomic E-state index is 0.0959. The fraction of sp³-hybridized carbons (Fsp3) is 0.375. The third-order valence-electron chi connectivity index (χ3n) is 2.05. The molecule has 2 N–H and O–H groups in total. The number of nitrogens with two attached hydrogens (primary N) is 1. The Bertz CT molecular complexity index is 437. The molecule has 82 valence electrons. The lowest BCUT2D eigenvalue weighted by atomic mass is 10.5. The lowest BCUT2D eigenvalue weighted by Crippen LogP contribution is -2.26. The summed E-state index contributed by atoms with van der Waals surface area (Å²) in [6.45, 7) is 0.814. The second-order valence-corrected chi connectivity index (χ2v) is 4.97. The van der Waals surface area contributed by atoms with Gasteiger partial charge in [-0.1, -0.05) is 4.47 Å². The van der Waals surface area contributed by atoms with E-state index < -0.39 is 10.0 Å². The SMILES string of the molecule is Nc1ccc(S(=O)(=O)N2CCCO2)cn1. The van der Waals surface area contributed by atoms with Gasteiger partial charge in [0, 0.05) is 12.7 Å². The number of hydrogen-bond donors (Lipinski definition) is 1. The van der Waals surface area contributed by atoms with E-state index in [1.54, 1.807) is 0 Å². The molecule has 2 heterocycles. The summed E-state index contributed by atoms with van der Waals surface area (Å²) >= 11 is 0. The van der Waals surface area contributed by atoms with E-state index in [2.05, 4.69) is 4.98 Å². The zero-order valence-electron chi connectivity index (χ0n) is 7.96. The van der Waals surface area contributed by atoms with Crippen LogP contribution < -0.4 is 5.73 Å². The van der Waals surface area contributed by atoms with Gasteiger partial charge in [-0.2, -0.15) is 0 Å². The van der Waals surface area contributed by atoms with Crippen LogP contribution in [0.3, 0.4) is 0 Å². The average Bonchev–Trinajstić information content (AvgIpc) is 2.71. The first-order valence-corrected chi connectivity index (χ1v) is 5.92. The van der Waals surface area contributed by atoms with Crippen molar-refractivity contribution in [1.82, 2.24) is 9.45 Å². The van der Waals surface area contributed by atoms with Crippen molar-refractivity contribution in [3.8, 4) is 0 Å². The van der Waals surface area contributed by atoms with Crippen LogP contribution in [0.1, 0.15) is 6.42 Å².